The van der Waals surface area contributed by atoms with Crippen LogP contribution in [0.25, 0.3) is 5.69 Å². The van der Waals surface area contributed by atoms with Crippen molar-refractivity contribution in [1.29, 1.82) is 0 Å². The van der Waals surface area contributed by atoms with Crippen molar-refractivity contribution < 1.29 is 9.18 Å². The molecule has 0 bridgehead atoms. The molecule has 0 aliphatic carbocycles. The van der Waals surface area contributed by atoms with E-state index >= 15 is 0 Å². The topological polar surface area (TPSA) is 46.9 Å². The van der Waals surface area contributed by atoms with E-state index in [0.717, 1.165) is 17.2 Å². The number of carbonyl (C=O) groups is 1. The van der Waals surface area contributed by atoms with Crippen molar-refractivity contribution in [2.75, 3.05) is 5.75 Å². The van der Waals surface area contributed by atoms with Crippen LogP contribution < -0.4 is 5.32 Å². The summed E-state index contributed by atoms with van der Waals surface area (Å²) in [5.41, 5.74) is 0.712. The van der Waals surface area contributed by atoms with Crippen LogP contribution in [-0.2, 0) is 4.79 Å². The third-order valence-electron chi connectivity index (χ3n) is 3.58. The van der Waals surface area contributed by atoms with Crippen LogP contribution in [0.15, 0.2) is 28.6 Å². The molecule has 0 fully saturated rings. The molecule has 0 aliphatic rings. The first-order valence-electron chi connectivity index (χ1n) is 8.28. The van der Waals surface area contributed by atoms with Crippen LogP contribution in [0.2, 0.25) is 0 Å². The van der Waals surface area contributed by atoms with Gasteiger partial charge in [0.05, 0.1) is 11.4 Å². The Balaban J connectivity index is 1.87. The van der Waals surface area contributed by atoms with Crippen LogP contribution in [0.5, 0.6) is 0 Å². The van der Waals surface area contributed by atoms with Crippen LogP contribution in [0.4, 0.5) is 4.39 Å². The van der Waals surface area contributed by atoms with Gasteiger partial charge in [-0.15, -0.1) is 5.10 Å². The molecule has 1 aromatic heterocycles. The molecular formula is C17H22FN3OS3. The van der Waals surface area contributed by atoms with Crippen molar-refractivity contribution in [3.05, 3.63) is 34.0 Å². The maximum absolute atomic E-state index is 13.0. The van der Waals surface area contributed by atoms with Crippen LogP contribution in [0.3, 0.4) is 0 Å². The zero-order chi connectivity index (χ0) is 18.2. The first-order valence-corrected chi connectivity index (χ1v) is 10.5. The van der Waals surface area contributed by atoms with Gasteiger partial charge in [0.1, 0.15) is 5.82 Å². The average Bonchev–Trinajstić information content (AvgIpc) is 2.95. The molecule has 0 saturated heterocycles. The van der Waals surface area contributed by atoms with Gasteiger partial charge < -0.3 is 5.32 Å². The highest BCUT2D eigenvalue weighted by atomic mass is 32.2. The molecule has 2 rings (SSSR count). The van der Waals surface area contributed by atoms with E-state index in [0.29, 0.717) is 15.4 Å². The number of hydrogen-bond acceptors (Lipinski definition) is 5. The van der Waals surface area contributed by atoms with E-state index in [-0.39, 0.29) is 17.8 Å². The molecule has 1 aromatic carbocycles. The maximum Gasteiger partial charge on any atom is 0.230 e. The van der Waals surface area contributed by atoms with Crippen molar-refractivity contribution >= 4 is 41.2 Å². The molecule has 1 amide bonds. The summed E-state index contributed by atoms with van der Waals surface area (Å²) in [7, 11) is 0. The smallest absolute Gasteiger partial charge is 0.230 e. The van der Waals surface area contributed by atoms with Gasteiger partial charge >= 0.3 is 0 Å². The molecule has 0 unspecified atom stereocenters. The monoisotopic (exact) mass is 399 g/mol. The number of aromatic nitrogens is 2. The fourth-order valence-corrected chi connectivity index (χ4v) is 4.45. The minimum absolute atomic E-state index is 0.00319. The number of carbonyl (C=O) groups excluding carboxylic acids is 1. The molecule has 2 aromatic rings. The minimum Gasteiger partial charge on any atom is -0.353 e. The third-order valence-corrected chi connectivity index (χ3v) is 5.94. The Hall–Kier alpha value is -1.25. The van der Waals surface area contributed by atoms with Gasteiger partial charge in [0.25, 0.3) is 0 Å². The van der Waals surface area contributed by atoms with Gasteiger partial charge in [0, 0.05) is 6.04 Å². The van der Waals surface area contributed by atoms with E-state index < -0.39 is 0 Å². The summed E-state index contributed by atoms with van der Waals surface area (Å²) in [5.74, 6) is 0.0115. The molecule has 1 atom stereocenters. The van der Waals surface area contributed by atoms with Gasteiger partial charge in [0.2, 0.25) is 5.91 Å². The summed E-state index contributed by atoms with van der Waals surface area (Å²) in [6, 6.07) is 6.19. The molecule has 4 nitrogen and oxygen atoms in total. The highest BCUT2D eigenvalue weighted by molar-refractivity contribution is 8.01. The fraction of sp³-hybridized carbons (Fsp3) is 0.471. The van der Waals surface area contributed by atoms with Gasteiger partial charge in [-0.25, -0.2) is 9.07 Å². The molecule has 136 valence electrons. The molecule has 0 aliphatic heterocycles. The van der Waals surface area contributed by atoms with E-state index in [1.807, 2.05) is 6.92 Å². The Labute approximate surface area is 160 Å². The number of benzene rings is 1. The lowest BCUT2D eigenvalue weighted by Gasteiger charge is -2.12. The molecule has 0 saturated carbocycles. The number of amides is 1. The maximum atomic E-state index is 13.0. The van der Waals surface area contributed by atoms with Crippen molar-refractivity contribution in [1.82, 2.24) is 15.1 Å². The van der Waals surface area contributed by atoms with E-state index in [1.165, 1.54) is 48.1 Å². The second kappa shape index (κ2) is 10.0. The molecule has 25 heavy (non-hydrogen) atoms. The van der Waals surface area contributed by atoms with E-state index in [2.05, 4.69) is 17.3 Å². The Kier molecular flexibility index (Phi) is 8.05. The van der Waals surface area contributed by atoms with E-state index in [9.17, 15) is 9.18 Å². The van der Waals surface area contributed by atoms with Crippen molar-refractivity contribution in [2.45, 2.75) is 49.9 Å². The zero-order valence-corrected chi connectivity index (χ0v) is 16.8. The highest BCUT2D eigenvalue weighted by Crippen LogP contribution is 2.24. The largest absolute Gasteiger partial charge is 0.353 e. The molecule has 0 spiro atoms. The Morgan fingerprint density at radius 2 is 2.12 bits per heavy atom. The quantitative estimate of drug-likeness (QED) is 0.367. The van der Waals surface area contributed by atoms with Crippen molar-refractivity contribution in [3.8, 4) is 5.69 Å². The first-order chi connectivity index (χ1) is 12.0. The highest BCUT2D eigenvalue weighted by Gasteiger charge is 2.11. The summed E-state index contributed by atoms with van der Waals surface area (Å²) < 4.78 is 15.9. The van der Waals surface area contributed by atoms with Crippen LogP contribution in [-0.4, -0.2) is 27.5 Å². The summed E-state index contributed by atoms with van der Waals surface area (Å²) in [6.45, 7) is 4.20. The second-order valence-corrected chi connectivity index (χ2v) is 8.62. The Morgan fingerprint density at radius 1 is 1.40 bits per heavy atom. The number of unbranched alkanes of at least 4 members (excludes halogenated alkanes) is 2. The first kappa shape index (κ1) is 20.1. The lowest BCUT2D eigenvalue weighted by atomic mass is 10.1. The standard InChI is InChI=1S/C17H22FN3OS3/c1-3-4-5-6-12(2)19-15(22)11-24-16-20-21(17(23)25-16)14-9-7-13(18)8-10-14/h7-10,12H,3-6,11H2,1-2H3,(H,19,22)/t12-/m0/s1. The lowest BCUT2D eigenvalue weighted by Crippen LogP contribution is -2.33. The number of nitrogens with zero attached hydrogens (tertiary/aromatic N) is 2. The molecule has 0 radical (unpaired) electrons. The van der Waals surface area contributed by atoms with Gasteiger partial charge in [-0.05, 0) is 49.8 Å². The summed E-state index contributed by atoms with van der Waals surface area (Å²) in [6.07, 6.45) is 4.51. The fourth-order valence-electron chi connectivity index (χ4n) is 2.28. The molecule has 1 heterocycles. The molecule has 1 N–H and O–H groups in total. The molecular weight excluding hydrogens is 377 g/mol. The number of rotatable bonds is 9. The van der Waals surface area contributed by atoms with E-state index in [1.54, 1.807) is 16.8 Å². The number of nitrogens with one attached hydrogen (secondary N) is 1. The predicted octanol–water partition coefficient (Wildman–Crippen LogP) is 4.98. The van der Waals surface area contributed by atoms with Crippen LogP contribution in [0, 0.1) is 9.77 Å². The van der Waals surface area contributed by atoms with Crippen molar-refractivity contribution in [2.24, 2.45) is 0 Å². The average molecular weight is 400 g/mol. The minimum atomic E-state index is -0.301. The number of halogens is 1. The lowest BCUT2D eigenvalue weighted by molar-refractivity contribution is -0.119. The Morgan fingerprint density at radius 3 is 2.80 bits per heavy atom. The number of hydrogen-bond donors (Lipinski definition) is 1. The zero-order valence-electron chi connectivity index (χ0n) is 14.3. The summed E-state index contributed by atoms with van der Waals surface area (Å²) >= 11 is 8.02. The molecule has 8 heteroatoms. The van der Waals surface area contributed by atoms with Crippen LogP contribution in [0.1, 0.15) is 39.5 Å². The SMILES string of the molecule is CCCCC[C@H](C)NC(=O)CSc1nn(-c2ccc(F)cc2)c(=S)s1. The Bertz CT molecular complexity index is 742. The summed E-state index contributed by atoms with van der Waals surface area (Å²) in [5, 5.41) is 7.42. The van der Waals surface area contributed by atoms with Gasteiger partial charge in [-0.1, -0.05) is 49.3 Å². The van der Waals surface area contributed by atoms with Gasteiger partial charge in [-0.3, -0.25) is 4.79 Å². The van der Waals surface area contributed by atoms with Gasteiger partial charge in [-0.2, -0.15) is 0 Å². The summed E-state index contributed by atoms with van der Waals surface area (Å²) in [4.78, 5) is 12.0. The van der Waals surface area contributed by atoms with Crippen LogP contribution >= 0.6 is 35.3 Å². The van der Waals surface area contributed by atoms with E-state index in [4.69, 9.17) is 12.2 Å². The van der Waals surface area contributed by atoms with Gasteiger partial charge in [0.15, 0.2) is 8.29 Å². The normalized spacial score (nSPS) is 12.1. The second-order valence-electron chi connectivity index (χ2n) is 5.78. The number of thioether (sulfide) groups is 1. The predicted molar refractivity (Wildman–Crippen MR) is 105 cm³/mol. The third kappa shape index (κ3) is 6.52. The van der Waals surface area contributed by atoms with Crippen molar-refractivity contribution in [3.63, 3.8) is 0 Å².